The van der Waals surface area contributed by atoms with Crippen LogP contribution in [0, 0.1) is 13.8 Å². The SMILES string of the molecule is Cc1cc(NS(=O)(=O)c2cccc(C(=O)O)c2C)on1. The van der Waals surface area contributed by atoms with Gasteiger partial charge in [-0.05, 0) is 31.5 Å². The van der Waals surface area contributed by atoms with Gasteiger partial charge in [-0.25, -0.2) is 17.9 Å². The van der Waals surface area contributed by atoms with Gasteiger partial charge < -0.3 is 9.63 Å². The molecule has 0 unspecified atom stereocenters. The zero-order valence-corrected chi connectivity index (χ0v) is 11.6. The number of rotatable bonds is 4. The van der Waals surface area contributed by atoms with Crippen LogP contribution >= 0.6 is 0 Å². The van der Waals surface area contributed by atoms with Crippen LogP contribution in [0.4, 0.5) is 5.88 Å². The van der Waals surface area contributed by atoms with E-state index in [1.165, 1.54) is 31.2 Å². The van der Waals surface area contributed by atoms with Gasteiger partial charge in [0.1, 0.15) is 0 Å². The van der Waals surface area contributed by atoms with Gasteiger partial charge in [0.15, 0.2) is 0 Å². The number of aryl methyl sites for hydroxylation is 1. The number of carboxylic acid groups (broad SMARTS) is 1. The van der Waals surface area contributed by atoms with E-state index >= 15 is 0 Å². The zero-order valence-electron chi connectivity index (χ0n) is 10.7. The zero-order chi connectivity index (χ0) is 14.9. The van der Waals surface area contributed by atoms with Crippen molar-refractivity contribution in [3.63, 3.8) is 0 Å². The minimum Gasteiger partial charge on any atom is -0.478 e. The van der Waals surface area contributed by atoms with Crippen molar-refractivity contribution >= 4 is 21.9 Å². The molecule has 0 aliphatic heterocycles. The lowest BCUT2D eigenvalue weighted by Crippen LogP contribution is -2.15. The van der Waals surface area contributed by atoms with Crippen LogP contribution in [-0.2, 0) is 10.0 Å². The third kappa shape index (κ3) is 2.64. The summed E-state index contributed by atoms with van der Waals surface area (Å²) in [5.41, 5.74) is 0.615. The Kier molecular flexibility index (Phi) is 3.49. The molecular weight excluding hydrogens is 284 g/mol. The molecule has 0 saturated carbocycles. The fraction of sp³-hybridized carbons (Fsp3) is 0.167. The topological polar surface area (TPSA) is 110 Å². The van der Waals surface area contributed by atoms with Gasteiger partial charge in [-0.2, -0.15) is 0 Å². The number of carboxylic acids is 1. The Morgan fingerprint density at radius 2 is 2.05 bits per heavy atom. The van der Waals surface area contributed by atoms with Crippen LogP contribution in [0.1, 0.15) is 21.6 Å². The van der Waals surface area contributed by atoms with Gasteiger partial charge in [0, 0.05) is 6.07 Å². The van der Waals surface area contributed by atoms with Crippen molar-refractivity contribution < 1.29 is 22.8 Å². The minimum atomic E-state index is -3.93. The average Bonchev–Trinajstić information content (AvgIpc) is 2.73. The van der Waals surface area contributed by atoms with E-state index in [0.29, 0.717) is 5.69 Å². The van der Waals surface area contributed by atoms with Gasteiger partial charge in [0.05, 0.1) is 16.2 Å². The first-order valence-corrected chi connectivity index (χ1v) is 7.08. The summed E-state index contributed by atoms with van der Waals surface area (Å²) in [6.07, 6.45) is 0. The summed E-state index contributed by atoms with van der Waals surface area (Å²) in [6, 6.07) is 5.47. The standard InChI is InChI=1S/C12H12N2O5S/c1-7-6-11(19-13-7)14-20(17,18)10-5-3-4-9(8(10)2)12(15)16/h3-6,14H,1-2H3,(H,15,16). The number of nitrogens with zero attached hydrogens (tertiary/aromatic N) is 1. The molecule has 2 rings (SSSR count). The lowest BCUT2D eigenvalue weighted by atomic mass is 10.1. The molecule has 0 atom stereocenters. The summed E-state index contributed by atoms with van der Waals surface area (Å²) in [7, 11) is -3.93. The van der Waals surface area contributed by atoms with Crippen molar-refractivity contribution in [2.75, 3.05) is 4.72 Å². The Morgan fingerprint density at radius 1 is 1.35 bits per heavy atom. The smallest absolute Gasteiger partial charge is 0.335 e. The number of carbonyl (C=O) groups is 1. The van der Waals surface area contributed by atoms with Crippen LogP contribution in [0.25, 0.3) is 0 Å². The lowest BCUT2D eigenvalue weighted by molar-refractivity contribution is 0.0696. The van der Waals surface area contributed by atoms with Crippen molar-refractivity contribution in [1.29, 1.82) is 0 Å². The molecule has 0 fully saturated rings. The largest absolute Gasteiger partial charge is 0.478 e. The number of sulfonamides is 1. The van der Waals surface area contributed by atoms with E-state index in [1.54, 1.807) is 6.92 Å². The molecule has 0 aliphatic rings. The summed E-state index contributed by atoms with van der Waals surface area (Å²) >= 11 is 0. The molecule has 8 heteroatoms. The van der Waals surface area contributed by atoms with Crippen LogP contribution in [0.3, 0.4) is 0 Å². The number of aromatic carboxylic acids is 1. The van der Waals surface area contributed by atoms with Gasteiger partial charge in [0.2, 0.25) is 5.88 Å². The second kappa shape index (κ2) is 4.97. The molecule has 0 saturated heterocycles. The molecule has 20 heavy (non-hydrogen) atoms. The maximum atomic E-state index is 12.2. The fourth-order valence-electron chi connectivity index (χ4n) is 1.74. The first kappa shape index (κ1) is 14.1. The first-order chi connectivity index (χ1) is 9.31. The number of anilines is 1. The molecule has 7 nitrogen and oxygen atoms in total. The molecule has 2 aromatic rings. The minimum absolute atomic E-state index is 0.0253. The van der Waals surface area contributed by atoms with Gasteiger partial charge in [0.25, 0.3) is 10.0 Å². The van der Waals surface area contributed by atoms with Crippen LogP contribution < -0.4 is 4.72 Å². The van der Waals surface area contributed by atoms with Gasteiger partial charge in [-0.15, -0.1) is 0 Å². The highest BCUT2D eigenvalue weighted by molar-refractivity contribution is 7.92. The van der Waals surface area contributed by atoms with Gasteiger partial charge in [-0.3, -0.25) is 0 Å². The highest BCUT2D eigenvalue weighted by Crippen LogP contribution is 2.22. The third-order valence-electron chi connectivity index (χ3n) is 2.67. The predicted octanol–water partition coefficient (Wildman–Crippen LogP) is 1.79. The molecule has 1 aromatic carbocycles. The number of aromatic nitrogens is 1. The highest BCUT2D eigenvalue weighted by atomic mass is 32.2. The average molecular weight is 296 g/mol. The Labute approximate surface area is 115 Å². The van der Waals surface area contributed by atoms with E-state index in [2.05, 4.69) is 9.88 Å². The van der Waals surface area contributed by atoms with Crippen LogP contribution in [0.5, 0.6) is 0 Å². The summed E-state index contributed by atoms with van der Waals surface area (Å²) in [5, 5.41) is 12.6. The van der Waals surface area contributed by atoms with E-state index in [0.717, 1.165) is 0 Å². The molecule has 0 spiro atoms. The Hall–Kier alpha value is -2.35. The van der Waals surface area contributed by atoms with E-state index in [-0.39, 0.29) is 21.9 Å². The van der Waals surface area contributed by atoms with Gasteiger partial charge in [-0.1, -0.05) is 11.2 Å². The second-order valence-electron chi connectivity index (χ2n) is 4.17. The molecule has 0 aliphatic carbocycles. The third-order valence-corrected chi connectivity index (χ3v) is 4.16. The molecule has 106 valence electrons. The Morgan fingerprint density at radius 3 is 2.60 bits per heavy atom. The van der Waals surface area contributed by atoms with Crippen molar-refractivity contribution in [3.05, 3.63) is 41.1 Å². The molecule has 0 bridgehead atoms. The number of nitrogens with one attached hydrogen (secondary N) is 1. The van der Waals surface area contributed by atoms with E-state index in [9.17, 15) is 13.2 Å². The summed E-state index contributed by atoms with van der Waals surface area (Å²) < 4.78 is 31.4. The van der Waals surface area contributed by atoms with Crippen LogP contribution in [0.2, 0.25) is 0 Å². The lowest BCUT2D eigenvalue weighted by Gasteiger charge is -2.09. The molecule has 0 radical (unpaired) electrons. The maximum Gasteiger partial charge on any atom is 0.335 e. The van der Waals surface area contributed by atoms with Gasteiger partial charge >= 0.3 is 5.97 Å². The second-order valence-corrected chi connectivity index (χ2v) is 5.82. The Bertz CT molecular complexity index is 764. The van der Waals surface area contributed by atoms with E-state index in [4.69, 9.17) is 9.63 Å². The molecule has 2 N–H and O–H groups in total. The Balaban J connectivity index is 2.44. The predicted molar refractivity (Wildman–Crippen MR) is 70.2 cm³/mol. The first-order valence-electron chi connectivity index (χ1n) is 5.60. The summed E-state index contributed by atoms with van der Waals surface area (Å²) in [6.45, 7) is 3.08. The van der Waals surface area contributed by atoms with Crippen LogP contribution in [0.15, 0.2) is 33.7 Å². The normalized spacial score (nSPS) is 11.3. The molecule has 1 aromatic heterocycles. The van der Waals surface area contributed by atoms with Crippen molar-refractivity contribution in [2.45, 2.75) is 18.7 Å². The number of hydrogen-bond donors (Lipinski definition) is 2. The quantitative estimate of drug-likeness (QED) is 0.890. The number of benzene rings is 1. The van der Waals surface area contributed by atoms with E-state index < -0.39 is 16.0 Å². The summed E-state index contributed by atoms with van der Waals surface area (Å²) in [4.78, 5) is 10.9. The van der Waals surface area contributed by atoms with Crippen LogP contribution in [-0.4, -0.2) is 24.7 Å². The van der Waals surface area contributed by atoms with E-state index in [1.807, 2.05) is 0 Å². The maximum absolute atomic E-state index is 12.2. The van der Waals surface area contributed by atoms with Crippen molar-refractivity contribution in [1.82, 2.24) is 5.16 Å². The van der Waals surface area contributed by atoms with Crippen molar-refractivity contribution in [2.24, 2.45) is 0 Å². The molecular formula is C12H12N2O5S. The highest BCUT2D eigenvalue weighted by Gasteiger charge is 2.22. The molecule has 1 heterocycles. The summed E-state index contributed by atoms with van der Waals surface area (Å²) in [5.74, 6) is -1.21. The molecule has 0 amide bonds. The fourth-order valence-corrected chi connectivity index (χ4v) is 2.98. The van der Waals surface area contributed by atoms with Crippen molar-refractivity contribution in [3.8, 4) is 0 Å². The monoisotopic (exact) mass is 296 g/mol. The number of hydrogen-bond acceptors (Lipinski definition) is 5.